The number of nitrogens with zero attached hydrogens (tertiary/aromatic N) is 4. The summed E-state index contributed by atoms with van der Waals surface area (Å²) in [4.78, 5) is 71.1. The van der Waals surface area contributed by atoms with E-state index in [1.807, 2.05) is 0 Å². The number of esters is 2. The number of nitro benzene ring substituents is 1. The maximum Gasteiger partial charge on any atom is 0.333 e. The van der Waals surface area contributed by atoms with Crippen LogP contribution >= 0.6 is 23.1 Å². The summed E-state index contributed by atoms with van der Waals surface area (Å²) in [7, 11) is 1.25. The third-order valence-corrected chi connectivity index (χ3v) is 7.72. The zero-order valence-corrected chi connectivity index (χ0v) is 22.6. The van der Waals surface area contributed by atoms with Gasteiger partial charge in [-0.25, -0.2) is 9.78 Å². The van der Waals surface area contributed by atoms with Crippen molar-refractivity contribution in [2.75, 3.05) is 18.6 Å². The van der Waals surface area contributed by atoms with E-state index in [9.17, 15) is 29.3 Å². The van der Waals surface area contributed by atoms with Crippen molar-refractivity contribution in [1.82, 2.24) is 15.2 Å². The second kappa shape index (κ2) is 12.1. The van der Waals surface area contributed by atoms with E-state index >= 15 is 0 Å². The molecule has 0 aliphatic carbocycles. The van der Waals surface area contributed by atoms with Crippen molar-refractivity contribution >= 4 is 63.4 Å². The first-order chi connectivity index (χ1) is 19.1. The van der Waals surface area contributed by atoms with E-state index in [1.54, 1.807) is 0 Å². The number of benzene rings is 1. The summed E-state index contributed by atoms with van der Waals surface area (Å²) in [5, 5.41) is 18.3. The number of amides is 2. The Morgan fingerprint density at radius 3 is 2.65 bits per heavy atom. The van der Waals surface area contributed by atoms with E-state index in [1.165, 1.54) is 60.3 Å². The van der Waals surface area contributed by atoms with Crippen LogP contribution < -0.4 is 11.1 Å². The first-order valence-electron chi connectivity index (χ1n) is 11.4. The van der Waals surface area contributed by atoms with Gasteiger partial charge in [0.05, 0.1) is 11.2 Å². The summed E-state index contributed by atoms with van der Waals surface area (Å²) in [5.41, 5.74) is 6.31. The number of nitrogens with two attached hydrogens (primary N) is 1. The molecule has 2 amide bonds. The molecule has 17 heteroatoms. The van der Waals surface area contributed by atoms with Crippen molar-refractivity contribution in [2.24, 2.45) is 5.16 Å². The number of carbonyl (C=O) groups is 4. The summed E-state index contributed by atoms with van der Waals surface area (Å²) in [6.07, 6.45) is 1.11. The minimum Gasteiger partial charge on any atom is -0.459 e. The van der Waals surface area contributed by atoms with Gasteiger partial charge in [-0.3, -0.25) is 24.5 Å². The van der Waals surface area contributed by atoms with Crippen molar-refractivity contribution in [3.8, 4) is 0 Å². The van der Waals surface area contributed by atoms with Crippen molar-refractivity contribution in [3.05, 3.63) is 62.9 Å². The number of nitrogen functional groups attached to an aromatic ring is 1. The number of thiazole rings is 1. The monoisotopic (exact) mass is 590 g/mol. The zero-order chi connectivity index (χ0) is 29.0. The van der Waals surface area contributed by atoms with Crippen LogP contribution in [0.15, 0.2) is 46.6 Å². The lowest BCUT2D eigenvalue weighted by Gasteiger charge is -2.52. The number of rotatable bonds is 9. The number of hydrogen-bond donors (Lipinski definition) is 2. The summed E-state index contributed by atoms with van der Waals surface area (Å²) in [6.45, 7) is 0.967. The van der Waals surface area contributed by atoms with Crippen LogP contribution in [-0.4, -0.2) is 74.6 Å². The van der Waals surface area contributed by atoms with Gasteiger partial charge in [0, 0.05) is 35.8 Å². The maximum atomic E-state index is 13.2. The lowest BCUT2D eigenvalue weighted by atomic mass is 9.98. The highest BCUT2D eigenvalue weighted by Crippen LogP contribution is 2.41. The Labute approximate surface area is 234 Å². The molecule has 2 unspecified atom stereocenters. The number of non-ortho nitro benzene ring substituents is 1. The molecule has 1 aromatic heterocycles. The van der Waals surface area contributed by atoms with Crippen LogP contribution in [0.4, 0.5) is 10.8 Å². The van der Waals surface area contributed by atoms with Gasteiger partial charge in [0.15, 0.2) is 16.9 Å². The number of thioether (sulfide) groups is 1. The van der Waals surface area contributed by atoms with Gasteiger partial charge in [0.2, 0.25) is 5.91 Å². The van der Waals surface area contributed by atoms with E-state index in [0.29, 0.717) is 11.1 Å². The number of anilines is 1. The Bertz CT molecular complexity index is 1410. The first-order valence-corrected chi connectivity index (χ1v) is 13.4. The van der Waals surface area contributed by atoms with Crippen LogP contribution in [0.2, 0.25) is 0 Å². The molecule has 2 aliphatic rings. The second-order valence-electron chi connectivity index (χ2n) is 8.33. The lowest BCUT2D eigenvalue weighted by Crippen LogP contribution is -2.75. The summed E-state index contributed by atoms with van der Waals surface area (Å²) >= 11 is 2.34. The molecule has 3 N–H and O–H groups in total. The van der Waals surface area contributed by atoms with Crippen LogP contribution in [0.3, 0.4) is 0 Å². The van der Waals surface area contributed by atoms with E-state index in [0.717, 1.165) is 17.6 Å². The molecule has 4 rings (SSSR count). The molecule has 0 radical (unpaired) electrons. The van der Waals surface area contributed by atoms with Gasteiger partial charge in [0.25, 0.3) is 11.6 Å². The van der Waals surface area contributed by atoms with Crippen LogP contribution in [0.5, 0.6) is 0 Å². The molecule has 2 fully saturated rings. The predicted octanol–water partition coefficient (Wildman–Crippen LogP) is 0.943. The van der Waals surface area contributed by atoms with E-state index < -0.39 is 46.1 Å². The van der Waals surface area contributed by atoms with Crippen molar-refractivity contribution < 1.29 is 38.4 Å². The second-order valence-corrected chi connectivity index (χ2v) is 10.3. The minimum absolute atomic E-state index is 0.120. The molecule has 2 aromatic rings. The quantitative estimate of drug-likeness (QED) is 0.105. The van der Waals surface area contributed by atoms with Gasteiger partial charge >= 0.3 is 11.9 Å². The van der Waals surface area contributed by atoms with E-state index in [2.05, 4.69) is 15.5 Å². The molecule has 3 heterocycles. The summed E-state index contributed by atoms with van der Waals surface area (Å²) < 4.78 is 10.4. The van der Waals surface area contributed by atoms with Gasteiger partial charge in [-0.15, -0.1) is 23.1 Å². The molecule has 0 spiro atoms. The van der Waals surface area contributed by atoms with Gasteiger partial charge in [-0.1, -0.05) is 5.16 Å². The fourth-order valence-electron chi connectivity index (χ4n) is 3.88. The fourth-order valence-corrected chi connectivity index (χ4v) is 5.78. The highest BCUT2D eigenvalue weighted by atomic mass is 32.2. The van der Waals surface area contributed by atoms with Crippen molar-refractivity contribution in [2.45, 2.75) is 31.0 Å². The van der Waals surface area contributed by atoms with Gasteiger partial charge in [-0.2, -0.15) is 0 Å². The molecular weight excluding hydrogens is 568 g/mol. The lowest BCUT2D eigenvalue weighted by molar-refractivity contribution is -0.384. The van der Waals surface area contributed by atoms with Crippen LogP contribution in [0.1, 0.15) is 18.2 Å². The highest BCUT2D eigenvalue weighted by molar-refractivity contribution is 8.00. The van der Waals surface area contributed by atoms with Crippen LogP contribution in [-0.2, 0) is 40.1 Å². The molecule has 3 atom stereocenters. The van der Waals surface area contributed by atoms with Gasteiger partial charge in [-0.05, 0) is 17.7 Å². The Morgan fingerprint density at radius 2 is 2.05 bits per heavy atom. The maximum absolute atomic E-state index is 13.2. The highest BCUT2D eigenvalue weighted by Gasteiger charge is 2.57. The molecule has 0 bridgehead atoms. The number of β-lactam (4-membered cyclic amide) rings is 1. The third-order valence-electron chi connectivity index (χ3n) is 5.71. The summed E-state index contributed by atoms with van der Waals surface area (Å²) in [5.74, 6) is -2.55. The molecule has 1 aromatic carbocycles. The number of oxime groups is 1. The SMILES string of the molecule is CO/N=C(\C(=O)NC1C(=O)N2C(C(=O)OCc3ccc([N+](=O)[O-])cc3)/C(=C\OC(C)=O)CS[C@H]12)c1csc(N)n1. The number of hydrogen-bond acceptors (Lipinski definition) is 14. The molecule has 0 saturated carbocycles. The first kappa shape index (κ1) is 28.5. The Morgan fingerprint density at radius 1 is 1.32 bits per heavy atom. The van der Waals surface area contributed by atoms with Gasteiger partial charge in [0.1, 0.15) is 30.8 Å². The van der Waals surface area contributed by atoms with E-state index in [4.69, 9.17) is 20.0 Å². The number of nitro groups is 1. The smallest absolute Gasteiger partial charge is 0.333 e. The number of ether oxygens (including phenoxy) is 2. The molecule has 2 saturated heterocycles. The molecule has 210 valence electrons. The van der Waals surface area contributed by atoms with E-state index in [-0.39, 0.29) is 34.6 Å². The topological polar surface area (TPSA) is 206 Å². The molecule has 40 heavy (non-hydrogen) atoms. The third kappa shape index (κ3) is 6.04. The number of aromatic nitrogens is 1. The summed E-state index contributed by atoms with van der Waals surface area (Å²) in [6, 6.07) is 3.20. The van der Waals surface area contributed by atoms with Crippen LogP contribution in [0, 0.1) is 10.1 Å². The predicted molar refractivity (Wildman–Crippen MR) is 142 cm³/mol. The average Bonchev–Trinajstić information content (AvgIpc) is 3.37. The Kier molecular flexibility index (Phi) is 8.64. The number of fused-ring (bicyclic) bond motifs is 1. The van der Waals surface area contributed by atoms with Crippen LogP contribution in [0.25, 0.3) is 0 Å². The Hall–Kier alpha value is -4.51. The number of nitrogens with one attached hydrogen (secondary N) is 1. The fraction of sp³-hybridized carbons (Fsp3) is 0.304. The van der Waals surface area contributed by atoms with Crippen molar-refractivity contribution in [1.29, 1.82) is 0 Å². The standard InChI is InChI=1S/C23H22N6O9S2/c1-11(30)37-8-13-9-39-21-17(26-19(31)16(27-36-2)15-10-40-23(24)25-15)20(32)28(21)18(13)22(33)38-7-12-3-5-14(6-4-12)29(34)35/h3-6,8,10,17-18,21H,7,9H2,1-2H3,(H2,24,25)(H,26,31)/b13-8-,27-16-/t17?,18?,21-/m1/s1. The number of carbonyl (C=O) groups excluding carboxylic acids is 4. The minimum atomic E-state index is -1.23. The van der Waals surface area contributed by atoms with Crippen molar-refractivity contribution in [3.63, 3.8) is 0 Å². The molecular formula is C23H22N6O9S2. The Balaban J connectivity index is 1.50. The normalized spacial score (nSPS) is 21.2. The molecule has 2 aliphatic heterocycles. The molecule has 15 nitrogen and oxygen atoms in total. The zero-order valence-electron chi connectivity index (χ0n) is 21.0. The average molecular weight is 591 g/mol. The largest absolute Gasteiger partial charge is 0.459 e. The van der Waals surface area contributed by atoms with Gasteiger partial charge < -0.3 is 30.3 Å².